The van der Waals surface area contributed by atoms with Crippen LogP contribution in [0.2, 0.25) is 5.02 Å². The van der Waals surface area contributed by atoms with E-state index < -0.39 is 0 Å². The molecule has 1 aromatic heterocycles. The Morgan fingerprint density at radius 2 is 1.87 bits per heavy atom. The first-order chi connectivity index (χ1) is 15.1. The fourth-order valence-electron chi connectivity index (χ4n) is 4.62. The van der Waals surface area contributed by atoms with Gasteiger partial charge in [-0.25, -0.2) is 5.41 Å². The number of likely N-dealkylation sites (tertiary alicyclic amines) is 1. The van der Waals surface area contributed by atoms with Crippen molar-refractivity contribution in [3.63, 3.8) is 0 Å². The zero-order chi connectivity index (χ0) is 21.4. The summed E-state index contributed by atoms with van der Waals surface area (Å²) < 4.78 is 5.04. The lowest BCUT2D eigenvalue weighted by atomic mass is 10.0. The minimum Gasteiger partial charge on any atom is -0.467 e. The van der Waals surface area contributed by atoms with Crippen molar-refractivity contribution in [2.45, 2.75) is 24.9 Å². The molecule has 2 saturated heterocycles. The first-order valence-corrected chi connectivity index (χ1v) is 10.9. The molecule has 2 N–H and O–H groups in total. The predicted octanol–water partition coefficient (Wildman–Crippen LogP) is 4.32. The summed E-state index contributed by atoms with van der Waals surface area (Å²) in [6, 6.07) is 16.9. The Kier molecular flexibility index (Phi) is 5.34. The van der Waals surface area contributed by atoms with Gasteiger partial charge in [0, 0.05) is 52.9 Å². The molecule has 158 valence electrons. The second-order valence-corrected chi connectivity index (χ2v) is 8.47. The molecule has 3 aromatic rings. The largest absolute Gasteiger partial charge is 0.467 e. The molecule has 0 amide bonds. The average Bonchev–Trinajstić information content (AvgIpc) is 3.14. The molecule has 5 rings (SSSR count). The second kappa shape index (κ2) is 8.29. The van der Waals surface area contributed by atoms with Gasteiger partial charge in [-0.1, -0.05) is 41.9 Å². The Labute approximate surface area is 186 Å². The molecule has 2 atom stereocenters. The van der Waals surface area contributed by atoms with Crippen LogP contribution in [0.3, 0.4) is 0 Å². The van der Waals surface area contributed by atoms with Crippen LogP contribution in [0.5, 0.6) is 0 Å². The van der Waals surface area contributed by atoms with Gasteiger partial charge in [0.15, 0.2) is 0 Å². The molecule has 2 aliphatic heterocycles. The Bertz CT molecular complexity index is 1140. The lowest BCUT2D eigenvalue weighted by molar-refractivity contribution is 0.288. The zero-order valence-electron chi connectivity index (χ0n) is 17.3. The van der Waals surface area contributed by atoms with E-state index in [0.29, 0.717) is 17.1 Å². The number of ether oxygens (including phenoxy) is 1. The van der Waals surface area contributed by atoms with Crippen LogP contribution in [0.4, 0.5) is 0 Å². The number of rotatable bonds is 2. The average molecular weight is 434 g/mol. The van der Waals surface area contributed by atoms with E-state index in [1.807, 2.05) is 42.6 Å². The predicted molar refractivity (Wildman–Crippen MR) is 125 cm³/mol. The van der Waals surface area contributed by atoms with Gasteiger partial charge in [0.1, 0.15) is 5.84 Å². The smallest absolute Gasteiger partial charge is 0.310 e. The van der Waals surface area contributed by atoms with Gasteiger partial charge in [0.2, 0.25) is 0 Å². The molecular formula is C24H24ClN5O. The number of amidine groups is 2. The lowest BCUT2D eigenvalue weighted by Gasteiger charge is -2.35. The number of hydrogen-bond donors (Lipinski definition) is 2. The van der Waals surface area contributed by atoms with E-state index in [2.05, 4.69) is 27.3 Å². The molecule has 0 radical (unpaired) electrons. The number of hydrogen-bond acceptors (Lipinski definition) is 4. The van der Waals surface area contributed by atoms with Crippen molar-refractivity contribution in [3.8, 4) is 11.3 Å². The van der Waals surface area contributed by atoms with Gasteiger partial charge in [-0.3, -0.25) is 4.98 Å². The van der Waals surface area contributed by atoms with E-state index in [1.165, 1.54) is 20.0 Å². The van der Waals surface area contributed by atoms with E-state index in [0.717, 1.165) is 46.5 Å². The standard InChI is InChI=1S/C24H24ClN5O/c1-31-24(26)29-23(30-13-17-9-10-18(14-30)28-17)16-8-11-21(27-12-16)19-6-2-4-15-5-3-7-20(25)22(15)19/h2-8,11-12,17-18,26,28H,9-10,13-14H2,1H3/b26-24?,29-23+. The third-order valence-corrected chi connectivity index (χ3v) is 6.38. The summed E-state index contributed by atoms with van der Waals surface area (Å²) in [6.45, 7) is 1.74. The zero-order valence-corrected chi connectivity index (χ0v) is 18.1. The van der Waals surface area contributed by atoms with E-state index in [9.17, 15) is 0 Å². The quantitative estimate of drug-likeness (QED) is 0.466. The van der Waals surface area contributed by atoms with Crippen LogP contribution < -0.4 is 5.32 Å². The van der Waals surface area contributed by atoms with Crippen LogP contribution in [0.15, 0.2) is 59.7 Å². The molecular weight excluding hydrogens is 410 g/mol. The molecule has 2 bridgehead atoms. The molecule has 3 heterocycles. The highest BCUT2D eigenvalue weighted by molar-refractivity contribution is 6.36. The van der Waals surface area contributed by atoms with E-state index in [1.54, 1.807) is 0 Å². The number of piperazine rings is 1. The van der Waals surface area contributed by atoms with Gasteiger partial charge in [-0.05, 0) is 36.4 Å². The molecule has 0 saturated carbocycles. The highest BCUT2D eigenvalue weighted by atomic mass is 35.5. The summed E-state index contributed by atoms with van der Waals surface area (Å²) in [5.41, 5.74) is 2.72. The van der Waals surface area contributed by atoms with Gasteiger partial charge in [-0.2, -0.15) is 4.99 Å². The third-order valence-electron chi connectivity index (χ3n) is 6.07. The number of nitrogens with zero attached hydrogens (tertiary/aromatic N) is 3. The maximum Gasteiger partial charge on any atom is 0.310 e. The van der Waals surface area contributed by atoms with Crippen molar-refractivity contribution < 1.29 is 4.74 Å². The van der Waals surface area contributed by atoms with Crippen LogP contribution in [-0.4, -0.2) is 54.0 Å². The Balaban J connectivity index is 1.52. The van der Waals surface area contributed by atoms with Crippen LogP contribution in [0.1, 0.15) is 18.4 Å². The normalized spacial score (nSPS) is 20.8. The molecule has 2 unspecified atom stereocenters. The van der Waals surface area contributed by atoms with Gasteiger partial charge in [-0.15, -0.1) is 0 Å². The fraction of sp³-hybridized carbons (Fsp3) is 0.292. The van der Waals surface area contributed by atoms with Crippen molar-refractivity contribution in [2.75, 3.05) is 20.2 Å². The van der Waals surface area contributed by atoms with Gasteiger partial charge < -0.3 is 15.0 Å². The highest BCUT2D eigenvalue weighted by Crippen LogP contribution is 2.33. The van der Waals surface area contributed by atoms with Crippen molar-refractivity contribution in [1.82, 2.24) is 15.2 Å². The molecule has 31 heavy (non-hydrogen) atoms. The topological polar surface area (TPSA) is 73.6 Å². The second-order valence-electron chi connectivity index (χ2n) is 8.06. The molecule has 6 nitrogen and oxygen atoms in total. The maximum absolute atomic E-state index is 7.96. The van der Waals surface area contributed by atoms with Gasteiger partial charge in [0.25, 0.3) is 0 Å². The molecule has 7 heteroatoms. The first-order valence-electron chi connectivity index (χ1n) is 10.5. The maximum atomic E-state index is 7.96. The first kappa shape index (κ1) is 20.0. The number of nitrogens with one attached hydrogen (secondary N) is 2. The fourth-order valence-corrected chi connectivity index (χ4v) is 4.91. The highest BCUT2D eigenvalue weighted by Gasteiger charge is 2.34. The summed E-state index contributed by atoms with van der Waals surface area (Å²) in [5.74, 6) is 0.736. The molecule has 2 fully saturated rings. The third kappa shape index (κ3) is 3.89. The van der Waals surface area contributed by atoms with Gasteiger partial charge >= 0.3 is 6.02 Å². The van der Waals surface area contributed by atoms with Crippen molar-refractivity contribution in [1.29, 1.82) is 5.41 Å². The van der Waals surface area contributed by atoms with Crippen molar-refractivity contribution in [3.05, 3.63) is 65.3 Å². The molecule has 0 spiro atoms. The van der Waals surface area contributed by atoms with Crippen LogP contribution in [-0.2, 0) is 4.74 Å². The number of halogens is 1. The number of aromatic nitrogens is 1. The molecule has 0 aliphatic carbocycles. The van der Waals surface area contributed by atoms with E-state index >= 15 is 0 Å². The molecule has 2 aliphatic rings. The van der Waals surface area contributed by atoms with Crippen molar-refractivity contribution >= 4 is 34.2 Å². The Morgan fingerprint density at radius 3 is 2.55 bits per heavy atom. The summed E-state index contributed by atoms with van der Waals surface area (Å²) in [6.07, 6.45) is 4.18. The van der Waals surface area contributed by atoms with E-state index in [4.69, 9.17) is 26.7 Å². The Morgan fingerprint density at radius 1 is 1.13 bits per heavy atom. The monoisotopic (exact) mass is 433 g/mol. The summed E-state index contributed by atoms with van der Waals surface area (Å²) in [4.78, 5) is 11.5. The number of aliphatic imine (C=N–C) groups is 1. The number of pyridine rings is 1. The summed E-state index contributed by atoms with van der Waals surface area (Å²) in [7, 11) is 1.47. The Hall–Kier alpha value is -2.96. The van der Waals surface area contributed by atoms with E-state index in [-0.39, 0.29) is 6.02 Å². The number of benzene rings is 2. The lowest BCUT2D eigenvalue weighted by Crippen LogP contribution is -2.53. The van der Waals surface area contributed by atoms with Gasteiger partial charge in [0.05, 0.1) is 12.8 Å². The van der Waals surface area contributed by atoms with Crippen LogP contribution in [0, 0.1) is 5.41 Å². The minimum atomic E-state index is -0.106. The minimum absolute atomic E-state index is 0.106. The summed E-state index contributed by atoms with van der Waals surface area (Å²) in [5, 5.41) is 14.4. The number of methoxy groups -OCH3 is 1. The van der Waals surface area contributed by atoms with Crippen LogP contribution in [0.25, 0.3) is 22.0 Å². The van der Waals surface area contributed by atoms with Crippen LogP contribution >= 0.6 is 11.6 Å². The summed E-state index contributed by atoms with van der Waals surface area (Å²) >= 11 is 6.50. The SMILES string of the molecule is COC(=N)/N=C(\c1ccc(-c2cccc3cccc(Cl)c23)nc1)N1CC2CCC(C1)N2. The molecule has 2 aromatic carbocycles. The number of fused-ring (bicyclic) bond motifs is 3. The van der Waals surface area contributed by atoms with Crippen molar-refractivity contribution in [2.24, 2.45) is 4.99 Å².